The van der Waals surface area contributed by atoms with Crippen LogP contribution in [0.25, 0.3) is 10.1 Å². The van der Waals surface area contributed by atoms with Crippen molar-refractivity contribution in [3.8, 4) is 0 Å². The number of anilines is 1. The van der Waals surface area contributed by atoms with Crippen LogP contribution in [0.4, 0.5) is 5.82 Å². The zero-order valence-electron chi connectivity index (χ0n) is 20.5. The van der Waals surface area contributed by atoms with Crippen molar-refractivity contribution in [2.45, 2.75) is 44.9 Å². The lowest BCUT2D eigenvalue weighted by Crippen LogP contribution is -2.49. The fourth-order valence-corrected chi connectivity index (χ4v) is 9.02. The molecule has 2 aliphatic heterocycles. The molecule has 3 heterocycles. The molecule has 5 fully saturated rings. The van der Waals surface area contributed by atoms with E-state index in [9.17, 15) is 9.59 Å². The molecule has 35 heavy (non-hydrogen) atoms. The molecule has 1 aromatic heterocycles. The van der Waals surface area contributed by atoms with Gasteiger partial charge in [-0.15, -0.1) is 0 Å². The van der Waals surface area contributed by atoms with Gasteiger partial charge < -0.3 is 4.90 Å². The molecule has 186 valence electrons. The van der Waals surface area contributed by atoms with E-state index in [1.807, 2.05) is 0 Å². The molecular weight excluding hydrogens is 456 g/mol. The summed E-state index contributed by atoms with van der Waals surface area (Å²) in [7, 11) is 0. The van der Waals surface area contributed by atoms with E-state index in [2.05, 4.69) is 34.1 Å². The van der Waals surface area contributed by atoms with Crippen molar-refractivity contribution >= 4 is 39.3 Å². The summed E-state index contributed by atoms with van der Waals surface area (Å²) in [5.74, 6) is 3.59. The van der Waals surface area contributed by atoms with E-state index < -0.39 is 0 Å². The number of aromatic nitrogens is 1. The molecular formula is C28H36N4O2S. The summed E-state index contributed by atoms with van der Waals surface area (Å²) in [6.45, 7) is 5.93. The lowest BCUT2D eigenvalue weighted by Gasteiger charge is -2.40. The van der Waals surface area contributed by atoms with Crippen LogP contribution in [0, 0.1) is 35.5 Å². The van der Waals surface area contributed by atoms with Gasteiger partial charge >= 0.3 is 0 Å². The molecule has 2 unspecified atom stereocenters. The molecule has 3 aliphatic carbocycles. The molecule has 7 heteroatoms. The highest BCUT2D eigenvalue weighted by molar-refractivity contribution is 7.13. The predicted octanol–water partition coefficient (Wildman–Crippen LogP) is 4.26. The first kappa shape index (κ1) is 22.2. The molecule has 6 atom stereocenters. The van der Waals surface area contributed by atoms with Crippen LogP contribution in [0.3, 0.4) is 0 Å². The average molecular weight is 493 g/mol. The summed E-state index contributed by atoms with van der Waals surface area (Å²) >= 11 is 1.60. The van der Waals surface area contributed by atoms with E-state index in [0.29, 0.717) is 30.2 Å². The van der Waals surface area contributed by atoms with Gasteiger partial charge in [0.1, 0.15) is 5.82 Å². The van der Waals surface area contributed by atoms with Crippen LogP contribution < -0.4 is 4.90 Å². The molecule has 2 bridgehead atoms. The largest absolute Gasteiger partial charge is 0.353 e. The Morgan fingerprint density at radius 3 is 2.20 bits per heavy atom. The Bertz CT molecular complexity index is 1100. The van der Waals surface area contributed by atoms with Crippen molar-refractivity contribution < 1.29 is 9.59 Å². The first-order valence-electron chi connectivity index (χ1n) is 13.8. The monoisotopic (exact) mass is 492 g/mol. The Hall–Kier alpha value is -1.99. The summed E-state index contributed by atoms with van der Waals surface area (Å²) < 4.78 is 6.02. The van der Waals surface area contributed by atoms with Crippen molar-refractivity contribution in [2.24, 2.45) is 35.5 Å². The molecule has 0 N–H and O–H groups in total. The lowest BCUT2D eigenvalue weighted by atomic mass is 9.78. The maximum absolute atomic E-state index is 13.3. The number of nitrogens with zero attached hydrogens (tertiary/aromatic N) is 4. The zero-order chi connectivity index (χ0) is 23.5. The first-order chi connectivity index (χ1) is 17.2. The van der Waals surface area contributed by atoms with E-state index >= 15 is 0 Å². The zero-order valence-corrected chi connectivity index (χ0v) is 21.3. The van der Waals surface area contributed by atoms with Gasteiger partial charge in [0, 0.05) is 44.7 Å². The minimum atomic E-state index is 0.0261. The van der Waals surface area contributed by atoms with E-state index in [1.54, 1.807) is 16.4 Å². The van der Waals surface area contributed by atoms with Crippen molar-refractivity contribution in [3.05, 3.63) is 24.3 Å². The summed E-state index contributed by atoms with van der Waals surface area (Å²) in [5.41, 5.74) is 0. The number of piperazine rings is 1. The number of amides is 2. The number of likely N-dealkylation sites (tertiary alicyclic amines) is 1. The summed E-state index contributed by atoms with van der Waals surface area (Å²) in [5, 5.41) is 1.27. The van der Waals surface area contributed by atoms with E-state index in [4.69, 9.17) is 4.37 Å². The molecule has 0 spiro atoms. The number of hydrogen-bond acceptors (Lipinski definition) is 6. The van der Waals surface area contributed by atoms with Crippen LogP contribution in [0.5, 0.6) is 0 Å². The van der Waals surface area contributed by atoms with Crippen molar-refractivity contribution in [2.75, 3.05) is 44.2 Å². The van der Waals surface area contributed by atoms with Crippen molar-refractivity contribution in [1.82, 2.24) is 14.2 Å². The Morgan fingerprint density at radius 1 is 0.829 bits per heavy atom. The fourth-order valence-electron chi connectivity index (χ4n) is 8.22. The van der Waals surface area contributed by atoms with Crippen LogP contribution in [0.1, 0.15) is 44.9 Å². The number of benzene rings is 1. The Morgan fingerprint density at radius 2 is 1.49 bits per heavy atom. The average Bonchev–Trinajstić information content (AvgIpc) is 3.66. The normalized spacial score (nSPS) is 35.4. The van der Waals surface area contributed by atoms with Crippen LogP contribution in [-0.4, -0.2) is 65.3 Å². The Labute approximate surface area is 211 Å². The Balaban J connectivity index is 0.986. The third kappa shape index (κ3) is 3.72. The number of hydrogen-bond donors (Lipinski definition) is 0. The smallest absolute Gasteiger partial charge is 0.233 e. The molecule has 7 rings (SSSR count). The van der Waals surface area contributed by atoms with E-state index in [0.717, 1.165) is 64.2 Å². The fraction of sp³-hybridized carbons (Fsp3) is 0.679. The van der Waals surface area contributed by atoms with Gasteiger partial charge in [-0.25, -0.2) is 0 Å². The minimum absolute atomic E-state index is 0.0261. The van der Waals surface area contributed by atoms with Gasteiger partial charge in [0.2, 0.25) is 11.8 Å². The van der Waals surface area contributed by atoms with Gasteiger partial charge in [0.25, 0.3) is 0 Å². The van der Waals surface area contributed by atoms with E-state index in [-0.39, 0.29) is 23.7 Å². The predicted molar refractivity (Wildman–Crippen MR) is 138 cm³/mol. The van der Waals surface area contributed by atoms with Crippen LogP contribution in [0.15, 0.2) is 24.3 Å². The molecule has 6 nitrogen and oxygen atoms in total. The van der Waals surface area contributed by atoms with E-state index in [1.165, 1.54) is 29.3 Å². The van der Waals surface area contributed by atoms with Gasteiger partial charge in [-0.3, -0.25) is 19.4 Å². The number of carbonyl (C=O) groups excluding carboxylic acids is 2. The molecule has 3 saturated carbocycles. The van der Waals surface area contributed by atoms with Crippen molar-refractivity contribution in [3.63, 3.8) is 0 Å². The second-order valence-corrected chi connectivity index (χ2v) is 12.6. The molecule has 2 amide bonds. The quantitative estimate of drug-likeness (QED) is 0.584. The number of rotatable bonds is 5. The number of carbonyl (C=O) groups is 2. The first-order valence-corrected chi connectivity index (χ1v) is 14.6. The van der Waals surface area contributed by atoms with Crippen molar-refractivity contribution in [1.29, 1.82) is 0 Å². The standard InChI is InChI=1S/C28H36N4O2S/c33-27-24-18-9-10-19(15-18)25(24)28(34)32(27)17-21-6-2-1-5-20(21)16-30-11-13-31(14-12-30)26-22-7-3-4-8-23(22)35-29-26/h3-4,7-8,18-21,24-25H,1-2,5-6,9-17H2/t18?,19?,20-,21-,24-,25+/m0/s1. The van der Waals surface area contributed by atoms with Crippen LogP contribution >= 0.6 is 11.5 Å². The van der Waals surface area contributed by atoms with Gasteiger partial charge in [-0.2, -0.15) is 4.37 Å². The maximum atomic E-state index is 13.3. The van der Waals surface area contributed by atoms with Gasteiger partial charge in [-0.1, -0.05) is 25.0 Å². The molecule has 2 aromatic rings. The SMILES string of the molecule is O=C1[C@@H]2C3CCC(C3)[C@@H]2C(=O)N1C[C@@H]1CCCC[C@H]1CN1CCN(c2nsc3ccccc23)CC1. The summed E-state index contributed by atoms with van der Waals surface area (Å²) in [6, 6.07) is 8.54. The molecule has 0 radical (unpaired) electrons. The van der Waals surface area contributed by atoms with Crippen LogP contribution in [0.2, 0.25) is 0 Å². The minimum Gasteiger partial charge on any atom is -0.353 e. The van der Waals surface area contributed by atoms with Gasteiger partial charge in [0.15, 0.2) is 0 Å². The maximum Gasteiger partial charge on any atom is 0.233 e. The third-order valence-electron chi connectivity index (χ3n) is 10.0. The third-order valence-corrected chi connectivity index (χ3v) is 10.8. The van der Waals surface area contributed by atoms with Gasteiger partial charge in [-0.05, 0) is 79.4 Å². The molecule has 2 saturated heterocycles. The highest BCUT2D eigenvalue weighted by Gasteiger charge is 2.61. The number of imide groups is 1. The molecule has 1 aromatic carbocycles. The molecule has 5 aliphatic rings. The summed E-state index contributed by atoms with van der Waals surface area (Å²) in [6.07, 6.45) is 8.35. The van der Waals surface area contributed by atoms with Crippen LogP contribution in [-0.2, 0) is 9.59 Å². The summed E-state index contributed by atoms with van der Waals surface area (Å²) in [4.78, 5) is 33.4. The Kier molecular flexibility index (Phi) is 5.61. The van der Waals surface area contributed by atoms with Gasteiger partial charge in [0.05, 0.1) is 16.5 Å². The highest BCUT2D eigenvalue weighted by Crippen LogP contribution is 2.56. The second kappa shape index (κ2) is 8.84. The lowest BCUT2D eigenvalue weighted by molar-refractivity contribution is -0.142. The number of fused-ring (bicyclic) bond motifs is 6. The second-order valence-electron chi connectivity index (χ2n) is 11.8. The topological polar surface area (TPSA) is 56.8 Å². The highest BCUT2D eigenvalue weighted by atomic mass is 32.1.